The second kappa shape index (κ2) is 5.78. The molecule has 1 rings (SSSR count). The first kappa shape index (κ1) is 14.4. The number of carbonyl (C=O) groups is 1. The number of hydrogen-bond donors (Lipinski definition) is 0. The molecule has 0 aliphatic carbocycles. The van der Waals surface area contributed by atoms with Gasteiger partial charge in [-0.2, -0.15) is 13.2 Å². The molecule has 0 atom stereocenters. The predicted octanol–water partition coefficient (Wildman–Crippen LogP) is 4.63. The Morgan fingerprint density at radius 2 is 2.06 bits per heavy atom. The molecule has 1 nitrogen and oxygen atoms in total. The lowest BCUT2D eigenvalue weighted by Gasteiger charge is -2.09. The van der Waals surface area contributed by atoms with E-state index >= 15 is 0 Å². The smallest absolute Gasteiger partial charge is 0.294 e. The number of halogens is 4. The average molecular weight is 283 g/mol. The molecule has 0 saturated carbocycles. The number of benzene rings is 1. The highest BCUT2D eigenvalue weighted by Gasteiger charge is 2.29. The van der Waals surface area contributed by atoms with E-state index < -0.39 is 5.51 Å². The van der Waals surface area contributed by atoms with Crippen molar-refractivity contribution < 1.29 is 18.0 Å². The first-order chi connectivity index (χ1) is 7.87. The summed E-state index contributed by atoms with van der Waals surface area (Å²) in [5.41, 5.74) is -3.52. The monoisotopic (exact) mass is 282 g/mol. The normalized spacial score (nSPS) is 11.6. The largest absolute Gasteiger partial charge is 0.446 e. The number of carbonyl (C=O) groups excluding carboxylic acids is 1. The first-order valence-electron chi connectivity index (χ1n) is 4.85. The van der Waals surface area contributed by atoms with Crippen LogP contribution in [0.5, 0.6) is 0 Å². The van der Waals surface area contributed by atoms with Gasteiger partial charge in [-0.1, -0.05) is 13.0 Å². The minimum Gasteiger partial charge on any atom is -0.294 e. The van der Waals surface area contributed by atoms with Crippen LogP contribution in [-0.2, 0) is 5.88 Å². The van der Waals surface area contributed by atoms with Gasteiger partial charge in [0.1, 0.15) is 0 Å². The molecule has 1 aromatic carbocycles. The van der Waals surface area contributed by atoms with Gasteiger partial charge in [0.05, 0.1) is 0 Å². The van der Waals surface area contributed by atoms with E-state index in [9.17, 15) is 18.0 Å². The zero-order chi connectivity index (χ0) is 13.1. The molecule has 0 spiro atoms. The topological polar surface area (TPSA) is 17.1 Å². The summed E-state index contributed by atoms with van der Waals surface area (Å²) in [4.78, 5) is 11.6. The van der Waals surface area contributed by atoms with E-state index in [1.165, 1.54) is 18.2 Å². The molecule has 0 aliphatic rings. The number of hydrogen-bond acceptors (Lipinski definition) is 2. The van der Waals surface area contributed by atoms with Crippen molar-refractivity contribution in [2.24, 2.45) is 0 Å². The standard InChI is InChI=1S/C11H10ClF3OS/c1-2-10(16)9-5-8(17-11(13,14)15)4-3-7(9)6-12/h3-5H,2,6H2,1H3. The van der Waals surface area contributed by atoms with E-state index in [4.69, 9.17) is 11.6 Å². The van der Waals surface area contributed by atoms with Crippen LogP contribution in [0.3, 0.4) is 0 Å². The Balaban J connectivity index is 3.09. The summed E-state index contributed by atoms with van der Waals surface area (Å²) < 4.78 is 36.6. The summed E-state index contributed by atoms with van der Waals surface area (Å²) >= 11 is 5.40. The van der Waals surface area contributed by atoms with E-state index in [-0.39, 0.29) is 40.3 Å². The van der Waals surface area contributed by atoms with Crippen molar-refractivity contribution >= 4 is 29.1 Å². The van der Waals surface area contributed by atoms with Crippen LogP contribution >= 0.6 is 23.4 Å². The lowest BCUT2D eigenvalue weighted by atomic mass is 10.0. The van der Waals surface area contributed by atoms with E-state index in [2.05, 4.69) is 0 Å². The summed E-state index contributed by atoms with van der Waals surface area (Å²) in [5, 5.41) is 0. The quantitative estimate of drug-likeness (QED) is 0.455. The molecule has 0 heterocycles. The maximum absolute atomic E-state index is 12.2. The fraction of sp³-hybridized carbons (Fsp3) is 0.364. The second-order valence-electron chi connectivity index (χ2n) is 3.28. The van der Waals surface area contributed by atoms with Crippen molar-refractivity contribution in [1.82, 2.24) is 0 Å². The Morgan fingerprint density at radius 1 is 1.41 bits per heavy atom. The summed E-state index contributed by atoms with van der Waals surface area (Å²) in [6.07, 6.45) is 0.240. The summed E-state index contributed by atoms with van der Waals surface area (Å²) in [7, 11) is 0. The maximum Gasteiger partial charge on any atom is 0.446 e. The fourth-order valence-electron chi connectivity index (χ4n) is 1.32. The lowest BCUT2D eigenvalue weighted by molar-refractivity contribution is -0.0328. The fourth-order valence-corrected chi connectivity index (χ4v) is 2.13. The minimum atomic E-state index is -4.35. The molecule has 1 aromatic rings. The highest BCUT2D eigenvalue weighted by molar-refractivity contribution is 8.00. The zero-order valence-electron chi connectivity index (χ0n) is 8.97. The van der Waals surface area contributed by atoms with Crippen molar-refractivity contribution in [1.29, 1.82) is 0 Å². The molecule has 0 aromatic heterocycles. The molecule has 17 heavy (non-hydrogen) atoms. The molecule has 0 saturated heterocycles. The van der Waals surface area contributed by atoms with Gasteiger partial charge in [0, 0.05) is 22.8 Å². The zero-order valence-corrected chi connectivity index (χ0v) is 10.5. The average Bonchev–Trinajstić information content (AvgIpc) is 2.25. The molecule has 0 unspecified atom stereocenters. The third kappa shape index (κ3) is 4.24. The third-order valence-electron chi connectivity index (χ3n) is 2.08. The minimum absolute atomic E-state index is 0.00293. The van der Waals surface area contributed by atoms with Crippen LogP contribution in [0.15, 0.2) is 23.1 Å². The highest BCUT2D eigenvalue weighted by Crippen LogP contribution is 2.37. The molecule has 0 aliphatic heterocycles. The Morgan fingerprint density at radius 3 is 2.53 bits per heavy atom. The summed E-state index contributed by atoms with van der Waals surface area (Å²) in [6.45, 7) is 1.66. The van der Waals surface area contributed by atoms with E-state index in [1.807, 2.05) is 0 Å². The predicted molar refractivity (Wildman–Crippen MR) is 62.5 cm³/mol. The van der Waals surface area contributed by atoms with Crippen LogP contribution in [0.4, 0.5) is 13.2 Å². The number of rotatable bonds is 4. The number of thioether (sulfide) groups is 1. The van der Waals surface area contributed by atoms with Crippen molar-refractivity contribution in [3.8, 4) is 0 Å². The third-order valence-corrected chi connectivity index (χ3v) is 3.09. The Bertz CT molecular complexity index is 418. The SMILES string of the molecule is CCC(=O)c1cc(SC(F)(F)F)ccc1CCl. The van der Waals surface area contributed by atoms with Crippen LogP contribution in [0.25, 0.3) is 0 Å². The first-order valence-corrected chi connectivity index (χ1v) is 6.20. The van der Waals surface area contributed by atoms with Crippen molar-refractivity contribution in [2.75, 3.05) is 0 Å². The lowest BCUT2D eigenvalue weighted by Crippen LogP contribution is -2.04. The molecule has 0 radical (unpaired) electrons. The van der Waals surface area contributed by atoms with Gasteiger partial charge in [-0.05, 0) is 29.5 Å². The molecule has 0 fully saturated rings. The highest BCUT2D eigenvalue weighted by atomic mass is 35.5. The van der Waals surface area contributed by atoms with Crippen LogP contribution in [0, 0.1) is 0 Å². The van der Waals surface area contributed by atoms with Gasteiger partial charge >= 0.3 is 5.51 Å². The van der Waals surface area contributed by atoms with Crippen LogP contribution in [0.1, 0.15) is 29.3 Å². The van der Waals surface area contributed by atoms with Gasteiger partial charge in [-0.25, -0.2) is 0 Å². The van der Waals surface area contributed by atoms with Crippen molar-refractivity contribution in [3.05, 3.63) is 29.3 Å². The van der Waals surface area contributed by atoms with E-state index in [0.717, 1.165) is 0 Å². The van der Waals surface area contributed by atoms with Crippen LogP contribution in [0.2, 0.25) is 0 Å². The van der Waals surface area contributed by atoms with Gasteiger partial charge in [-0.15, -0.1) is 11.6 Å². The molecule has 0 N–H and O–H groups in total. The number of ketones is 1. The molecule has 0 bridgehead atoms. The second-order valence-corrected chi connectivity index (χ2v) is 4.68. The Labute approximate surface area is 106 Å². The number of Topliss-reactive ketones (excluding diaryl/α,β-unsaturated/α-hetero) is 1. The van der Waals surface area contributed by atoms with E-state index in [0.29, 0.717) is 5.56 Å². The molecule has 94 valence electrons. The molecule has 0 amide bonds. The molecular weight excluding hydrogens is 273 g/mol. The summed E-state index contributed by atoms with van der Waals surface area (Å²) in [6, 6.07) is 4.04. The van der Waals surface area contributed by atoms with Gasteiger partial charge < -0.3 is 0 Å². The Hall–Kier alpha value is -0.680. The van der Waals surface area contributed by atoms with Gasteiger partial charge in [-0.3, -0.25) is 4.79 Å². The van der Waals surface area contributed by atoms with E-state index in [1.54, 1.807) is 6.92 Å². The van der Waals surface area contributed by atoms with Crippen molar-refractivity contribution in [2.45, 2.75) is 29.6 Å². The molecular formula is C11H10ClF3OS. The van der Waals surface area contributed by atoms with Crippen LogP contribution in [-0.4, -0.2) is 11.3 Å². The van der Waals surface area contributed by atoms with Gasteiger partial charge in [0.2, 0.25) is 0 Å². The Kier molecular flexibility index (Phi) is 4.89. The molecule has 6 heteroatoms. The van der Waals surface area contributed by atoms with Crippen LogP contribution < -0.4 is 0 Å². The summed E-state index contributed by atoms with van der Waals surface area (Å²) in [5.74, 6) is -0.0943. The maximum atomic E-state index is 12.2. The number of alkyl halides is 4. The van der Waals surface area contributed by atoms with Gasteiger partial charge in [0.15, 0.2) is 5.78 Å². The van der Waals surface area contributed by atoms with Crippen molar-refractivity contribution in [3.63, 3.8) is 0 Å². The van der Waals surface area contributed by atoms with Gasteiger partial charge in [0.25, 0.3) is 0 Å².